The van der Waals surface area contributed by atoms with E-state index in [1.807, 2.05) is 24.3 Å². The Kier molecular flexibility index (Phi) is 1.51. The van der Waals surface area contributed by atoms with E-state index in [1.165, 1.54) is 0 Å². The van der Waals surface area contributed by atoms with E-state index in [1.54, 1.807) is 0 Å². The second kappa shape index (κ2) is 2.73. The molecule has 3 rings (SSSR count). The highest BCUT2D eigenvalue weighted by atomic mass is 16.4. The molecule has 0 atom stereocenters. The number of aromatic hydroxyl groups is 1. The molecule has 0 saturated heterocycles. The second-order valence-electron chi connectivity index (χ2n) is 3.59. The molecule has 3 heteroatoms. The fraction of sp³-hybridized carbons (Fsp3) is 0.0833. The second-order valence-corrected chi connectivity index (χ2v) is 3.59. The number of fused-ring (bicyclic) bond motifs is 3. The molecular formula is C12H8O3. The molecule has 0 unspecified atom stereocenters. The Labute approximate surface area is 85.6 Å². The maximum Gasteiger partial charge on any atom is 0.339 e. The van der Waals surface area contributed by atoms with E-state index in [0.717, 1.165) is 17.2 Å². The molecule has 15 heavy (non-hydrogen) atoms. The predicted molar refractivity (Wildman–Crippen MR) is 54.9 cm³/mol. The van der Waals surface area contributed by atoms with Gasteiger partial charge in [0.1, 0.15) is 11.5 Å². The van der Waals surface area contributed by atoms with Gasteiger partial charge in [0.2, 0.25) is 0 Å². The lowest BCUT2D eigenvalue weighted by molar-refractivity contribution is 0.447. The zero-order chi connectivity index (χ0) is 10.4. The van der Waals surface area contributed by atoms with E-state index in [-0.39, 0.29) is 5.75 Å². The smallest absolute Gasteiger partial charge is 0.339 e. The van der Waals surface area contributed by atoms with Crippen molar-refractivity contribution in [3.8, 4) is 17.1 Å². The van der Waals surface area contributed by atoms with Crippen molar-refractivity contribution in [2.75, 3.05) is 0 Å². The van der Waals surface area contributed by atoms with Crippen LogP contribution < -0.4 is 5.63 Å². The van der Waals surface area contributed by atoms with E-state index < -0.39 is 5.63 Å². The highest BCUT2D eigenvalue weighted by molar-refractivity contribution is 5.73. The van der Waals surface area contributed by atoms with Gasteiger partial charge in [-0.15, -0.1) is 0 Å². The summed E-state index contributed by atoms with van der Waals surface area (Å²) in [6, 6.07) is 8.79. The summed E-state index contributed by atoms with van der Waals surface area (Å²) in [6.45, 7) is 0. The molecule has 3 nitrogen and oxygen atoms in total. The molecule has 1 aliphatic carbocycles. The summed E-state index contributed by atoms with van der Waals surface area (Å²) < 4.78 is 5.11. The highest BCUT2D eigenvalue weighted by Gasteiger charge is 2.23. The lowest BCUT2D eigenvalue weighted by Crippen LogP contribution is -1.97. The molecule has 0 amide bonds. The van der Waals surface area contributed by atoms with Gasteiger partial charge in [-0.1, -0.05) is 24.3 Å². The van der Waals surface area contributed by atoms with Crippen LogP contribution in [0.3, 0.4) is 0 Å². The highest BCUT2D eigenvalue weighted by Crippen LogP contribution is 2.39. The van der Waals surface area contributed by atoms with Gasteiger partial charge in [-0.05, 0) is 5.56 Å². The van der Waals surface area contributed by atoms with Crippen LogP contribution in [0.15, 0.2) is 39.5 Å². The summed E-state index contributed by atoms with van der Waals surface area (Å²) in [7, 11) is 0. The SMILES string of the molecule is O=c1cc(O)c2c(o1)-c1ccccc1C2. The number of benzene rings is 1. The lowest BCUT2D eigenvalue weighted by Gasteiger charge is -1.99. The van der Waals surface area contributed by atoms with Crippen LogP contribution in [-0.4, -0.2) is 5.11 Å². The van der Waals surface area contributed by atoms with Crippen molar-refractivity contribution < 1.29 is 9.52 Å². The van der Waals surface area contributed by atoms with Crippen LogP contribution in [-0.2, 0) is 6.42 Å². The molecule has 74 valence electrons. The summed E-state index contributed by atoms with van der Waals surface area (Å²) in [5.74, 6) is 0.535. The van der Waals surface area contributed by atoms with Crippen molar-refractivity contribution in [1.29, 1.82) is 0 Å². The molecule has 0 fully saturated rings. The van der Waals surface area contributed by atoms with Gasteiger partial charge in [0.05, 0.1) is 6.07 Å². The molecule has 1 aromatic heterocycles. The average molecular weight is 200 g/mol. The van der Waals surface area contributed by atoms with Gasteiger partial charge < -0.3 is 9.52 Å². The molecule has 2 aromatic rings. The van der Waals surface area contributed by atoms with Crippen LogP contribution in [0.2, 0.25) is 0 Å². The fourth-order valence-corrected chi connectivity index (χ4v) is 1.98. The Morgan fingerprint density at radius 2 is 2.07 bits per heavy atom. The first-order chi connectivity index (χ1) is 7.25. The van der Waals surface area contributed by atoms with Crippen LogP contribution in [0.4, 0.5) is 0 Å². The van der Waals surface area contributed by atoms with Crippen LogP contribution in [0.1, 0.15) is 11.1 Å². The van der Waals surface area contributed by atoms with E-state index >= 15 is 0 Å². The Morgan fingerprint density at radius 1 is 1.27 bits per heavy atom. The first-order valence-corrected chi connectivity index (χ1v) is 4.70. The molecule has 0 spiro atoms. The molecule has 1 heterocycles. The Morgan fingerprint density at radius 3 is 2.93 bits per heavy atom. The first kappa shape index (κ1) is 8.29. The van der Waals surface area contributed by atoms with Gasteiger partial charge in [0.15, 0.2) is 0 Å². The molecular weight excluding hydrogens is 192 g/mol. The Bertz CT molecular complexity index is 596. The van der Waals surface area contributed by atoms with Gasteiger partial charge >= 0.3 is 5.63 Å². The topological polar surface area (TPSA) is 50.4 Å². The first-order valence-electron chi connectivity index (χ1n) is 4.70. The van der Waals surface area contributed by atoms with Gasteiger partial charge in [-0.25, -0.2) is 4.79 Å². The van der Waals surface area contributed by atoms with Crippen molar-refractivity contribution >= 4 is 0 Å². The van der Waals surface area contributed by atoms with Gasteiger partial charge in [0, 0.05) is 17.5 Å². The van der Waals surface area contributed by atoms with Crippen molar-refractivity contribution in [1.82, 2.24) is 0 Å². The summed E-state index contributed by atoms with van der Waals surface area (Å²) in [4.78, 5) is 11.1. The maximum absolute atomic E-state index is 11.1. The number of hydrogen-bond donors (Lipinski definition) is 1. The normalized spacial score (nSPS) is 12.3. The van der Waals surface area contributed by atoms with Crippen LogP contribution >= 0.6 is 0 Å². The van der Waals surface area contributed by atoms with Crippen LogP contribution in [0, 0.1) is 0 Å². The molecule has 0 aliphatic heterocycles. The van der Waals surface area contributed by atoms with E-state index in [2.05, 4.69) is 0 Å². The predicted octanol–water partition coefficient (Wildman–Crippen LogP) is 1.92. The number of rotatable bonds is 0. The number of hydrogen-bond acceptors (Lipinski definition) is 3. The third kappa shape index (κ3) is 1.09. The Hall–Kier alpha value is -2.03. The van der Waals surface area contributed by atoms with E-state index in [0.29, 0.717) is 17.7 Å². The van der Waals surface area contributed by atoms with Crippen LogP contribution in [0.5, 0.6) is 5.75 Å². The summed E-state index contributed by atoms with van der Waals surface area (Å²) in [5, 5.41) is 9.62. The summed E-state index contributed by atoms with van der Waals surface area (Å²) in [5.41, 5.74) is 2.18. The molecule has 0 bridgehead atoms. The van der Waals surface area contributed by atoms with Crippen molar-refractivity contribution in [2.45, 2.75) is 6.42 Å². The quantitative estimate of drug-likeness (QED) is 0.603. The third-order valence-corrected chi connectivity index (χ3v) is 2.67. The van der Waals surface area contributed by atoms with E-state index in [4.69, 9.17) is 4.42 Å². The average Bonchev–Trinajstić information content (AvgIpc) is 2.57. The van der Waals surface area contributed by atoms with Crippen LogP contribution in [0.25, 0.3) is 11.3 Å². The standard InChI is InChI=1S/C12H8O3/c13-10-6-11(14)15-12-8-4-2-1-3-7(8)5-9(10)12/h1-4,6,13H,5H2. The Balaban J connectivity index is 2.38. The minimum atomic E-state index is -0.511. The maximum atomic E-state index is 11.1. The lowest BCUT2D eigenvalue weighted by atomic mass is 10.1. The molecule has 1 N–H and O–H groups in total. The molecule has 1 aliphatic rings. The molecule has 1 aromatic carbocycles. The van der Waals surface area contributed by atoms with E-state index in [9.17, 15) is 9.90 Å². The van der Waals surface area contributed by atoms with Gasteiger partial charge in [0.25, 0.3) is 0 Å². The summed E-state index contributed by atoms with van der Waals surface area (Å²) >= 11 is 0. The minimum Gasteiger partial charge on any atom is -0.507 e. The monoisotopic (exact) mass is 200 g/mol. The van der Waals surface area contributed by atoms with Crippen molar-refractivity contribution in [3.05, 3.63) is 51.9 Å². The van der Waals surface area contributed by atoms with Gasteiger partial charge in [-0.2, -0.15) is 0 Å². The van der Waals surface area contributed by atoms with Crippen molar-refractivity contribution in [2.24, 2.45) is 0 Å². The summed E-state index contributed by atoms with van der Waals surface area (Å²) in [6.07, 6.45) is 0.626. The van der Waals surface area contributed by atoms with Crippen molar-refractivity contribution in [3.63, 3.8) is 0 Å². The van der Waals surface area contributed by atoms with Gasteiger partial charge in [-0.3, -0.25) is 0 Å². The zero-order valence-electron chi connectivity index (χ0n) is 7.86. The zero-order valence-corrected chi connectivity index (χ0v) is 7.86. The largest absolute Gasteiger partial charge is 0.507 e. The fourth-order valence-electron chi connectivity index (χ4n) is 1.98. The minimum absolute atomic E-state index is 0.0254. The third-order valence-electron chi connectivity index (χ3n) is 2.67. The molecule has 0 saturated carbocycles. The molecule has 0 radical (unpaired) electrons.